The van der Waals surface area contributed by atoms with Gasteiger partial charge in [-0.05, 0) is 32.9 Å². The molecule has 14 heavy (non-hydrogen) atoms. The number of nitrogens with one attached hydrogen (secondary N) is 1. The van der Waals surface area contributed by atoms with Crippen molar-refractivity contribution in [2.75, 3.05) is 0 Å². The van der Waals surface area contributed by atoms with E-state index in [9.17, 15) is 4.79 Å². The highest BCUT2D eigenvalue weighted by Gasteiger charge is 2.41. The van der Waals surface area contributed by atoms with Gasteiger partial charge in [0.2, 0.25) is 5.91 Å². The number of hydrogen-bond donors (Lipinski definition) is 1. The van der Waals surface area contributed by atoms with Crippen LogP contribution in [0.5, 0.6) is 0 Å². The minimum atomic E-state index is -0.193. The lowest BCUT2D eigenvalue weighted by Gasteiger charge is -2.24. The van der Waals surface area contributed by atoms with Gasteiger partial charge < -0.3 is 9.73 Å². The van der Waals surface area contributed by atoms with Crippen LogP contribution >= 0.6 is 0 Å². The molecule has 1 aliphatic rings. The van der Waals surface area contributed by atoms with Crippen molar-refractivity contribution in [3.05, 3.63) is 23.7 Å². The van der Waals surface area contributed by atoms with Crippen LogP contribution in [-0.4, -0.2) is 11.4 Å². The second kappa shape index (κ2) is 2.87. The molecule has 1 aromatic rings. The van der Waals surface area contributed by atoms with Gasteiger partial charge in [-0.25, -0.2) is 0 Å². The van der Waals surface area contributed by atoms with Crippen molar-refractivity contribution in [1.29, 1.82) is 0 Å². The van der Waals surface area contributed by atoms with Crippen molar-refractivity contribution in [2.45, 2.75) is 38.6 Å². The first-order valence-corrected chi connectivity index (χ1v) is 4.86. The Morgan fingerprint density at radius 1 is 1.50 bits per heavy atom. The Labute approximate surface area is 83.5 Å². The van der Waals surface area contributed by atoms with Crippen molar-refractivity contribution in [2.24, 2.45) is 0 Å². The molecule has 0 aromatic carbocycles. The van der Waals surface area contributed by atoms with E-state index in [4.69, 9.17) is 4.42 Å². The van der Waals surface area contributed by atoms with Gasteiger partial charge in [-0.3, -0.25) is 4.79 Å². The molecule has 0 spiro atoms. The van der Waals surface area contributed by atoms with Gasteiger partial charge in [0.05, 0.1) is 0 Å². The fourth-order valence-corrected chi connectivity index (χ4v) is 2.03. The molecular weight excluding hydrogens is 178 g/mol. The van der Waals surface area contributed by atoms with Crippen LogP contribution in [0.2, 0.25) is 0 Å². The first-order valence-electron chi connectivity index (χ1n) is 4.86. The van der Waals surface area contributed by atoms with Gasteiger partial charge >= 0.3 is 0 Å². The highest BCUT2D eigenvalue weighted by molar-refractivity contribution is 5.81. The van der Waals surface area contributed by atoms with Crippen LogP contribution in [0, 0.1) is 6.92 Å². The molecule has 1 fully saturated rings. The van der Waals surface area contributed by atoms with Crippen LogP contribution in [0.15, 0.2) is 16.5 Å². The van der Waals surface area contributed by atoms with Crippen molar-refractivity contribution >= 4 is 5.91 Å². The molecule has 2 rings (SSSR count). The zero-order chi connectivity index (χ0) is 10.3. The summed E-state index contributed by atoms with van der Waals surface area (Å²) in [5.41, 5.74) is -0.193. The zero-order valence-electron chi connectivity index (χ0n) is 8.76. The van der Waals surface area contributed by atoms with Crippen molar-refractivity contribution < 1.29 is 9.21 Å². The molecule has 0 radical (unpaired) electrons. The molecule has 3 nitrogen and oxygen atoms in total. The maximum Gasteiger partial charge on any atom is 0.221 e. The van der Waals surface area contributed by atoms with E-state index in [0.29, 0.717) is 6.42 Å². The number of carbonyl (C=O) groups excluding carboxylic acids is 1. The van der Waals surface area contributed by atoms with Gasteiger partial charge in [0.25, 0.3) is 0 Å². The summed E-state index contributed by atoms with van der Waals surface area (Å²) in [4.78, 5) is 11.3. The van der Waals surface area contributed by atoms with Crippen LogP contribution in [0.25, 0.3) is 0 Å². The Kier molecular flexibility index (Phi) is 1.91. The third kappa shape index (κ3) is 1.43. The van der Waals surface area contributed by atoms with E-state index in [1.165, 1.54) is 0 Å². The molecule has 1 amide bonds. The molecule has 76 valence electrons. The Morgan fingerprint density at radius 2 is 2.21 bits per heavy atom. The van der Waals surface area contributed by atoms with Gasteiger partial charge in [-0.15, -0.1) is 0 Å². The lowest BCUT2D eigenvalue weighted by molar-refractivity contribution is -0.119. The van der Waals surface area contributed by atoms with E-state index in [2.05, 4.69) is 5.32 Å². The van der Waals surface area contributed by atoms with Gasteiger partial charge in [0.15, 0.2) is 0 Å². The lowest BCUT2D eigenvalue weighted by Crippen LogP contribution is -2.38. The molecule has 1 N–H and O–H groups in total. The minimum Gasteiger partial charge on any atom is -0.466 e. The van der Waals surface area contributed by atoms with E-state index in [-0.39, 0.29) is 17.4 Å². The summed E-state index contributed by atoms with van der Waals surface area (Å²) in [5.74, 6) is 2.07. The summed E-state index contributed by atoms with van der Waals surface area (Å²) >= 11 is 0. The van der Waals surface area contributed by atoms with E-state index < -0.39 is 0 Å². The predicted molar refractivity (Wildman–Crippen MR) is 53.0 cm³/mol. The minimum absolute atomic E-state index is 0.106. The molecule has 3 heteroatoms. The average Bonchev–Trinajstić information content (AvgIpc) is 2.55. The zero-order valence-corrected chi connectivity index (χ0v) is 8.76. The Bertz CT molecular complexity index is 365. The first kappa shape index (κ1) is 9.31. The molecule has 1 unspecified atom stereocenters. The summed E-state index contributed by atoms with van der Waals surface area (Å²) in [6.45, 7) is 5.97. The van der Waals surface area contributed by atoms with Gasteiger partial charge in [-0.2, -0.15) is 0 Å². The number of rotatable bonds is 1. The van der Waals surface area contributed by atoms with Crippen LogP contribution in [0.1, 0.15) is 37.7 Å². The fraction of sp³-hybridized carbons (Fsp3) is 0.545. The van der Waals surface area contributed by atoms with Crippen molar-refractivity contribution in [3.8, 4) is 0 Å². The van der Waals surface area contributed by atoms with Crippen LogP contribution in [-0.2, 0) is 4.79 Å². The van der Waals surface area contributed by atoms with Gasteiger partial charge in [-0.1, -0.05) is 0 Å². The van der Waals surface area contributed by atoms with E-state index >= 15 is 0 Å². The average molecular weight is 193 g/mol. The second-order valence-electron chi connectivity index (χ2n) is 4.47. The van der Waals surface area contributed by atoms with E-state index in [0.717, 1.165) is 11.5 Å². The number of amides is 1. The topological polar surface area (TPSA) is 42.2 Å². The molecule has 1 aromatic heterocycles. The van der Waals surface area contributed by atoms with Crippen LogP contribution in [0.4, 0.5) is 0 Å². The fourth-order valence-electron chi connectivity index (χ4n) is 2.03. The molecule has 0 bridgehead atoms. The van der Waals surface area contributed by atoms with Gasteiger partial charge in [0, 0.05) is 17.9 Å². The smallest absolute Gasteiger partial charge is 0.221 e. The highest BCUT2D eigenvalue weighted by atomic mass is 16.3. The predicted octanol–water partition coefficient (Wildman–Crippen LogP) is 1.97. The van der Waals surface area contributed by atoms with E-state index in [1.54, 1.807) is 0 Å². The van der Waals surface area contributed by atoms with Crippen molar-refractivity contribution in [1.82, 2.24) is 5.32 Å². The number of furan rings is 1. The van der Waals surface area contributed by atoms with Gasteiger partial charge in [0.1, 0.15) is 11.5 Å². The van der Waals surface area contributed by atoms with Crippen LogP contribution in [0.3, 0.4) is 0 Å². The number of aryl methyl sites for hydroxylation is 1. The molecule has 0 saturated carbocycles. The monoisotopic (exact) mass is 193 g/mol. The first-order chi connectivity index (χ1) is 6.49. The summed E-state index contributed by atoms with van der Waals surface area (Å²) in [7, 11) is 0. The maximum atomic E-state index is 11.3. The largest absolute Gasteiger partial charge is 0.466 e. The van der Waals surface area contributed by atoms with Crippen LogP contribution < -0.4 is 5.32 Å². The molecule has 1 saturated heterocycles. The maximum absolute atomic E-state index is 11.3. The molecule has 1 atom stereocenters. The van der Waals surface area contributed by atoms with Crippen molar-refractivity contribution in [3.63, 3.8) is 0 Å². The Balaban J connectivity index is 2.31. The summed E-state index contributed by atoms with van der Waals surface area (Å²) in [6.07, 6.45) is 0.528. The third-order valence-electron chi connectivity index (χ3n) is 2.83. The summed E-state index contributed by atoms with van der Waals surface area (Å²) in [5, 5.41) is 2.95. The lowest BCUT2D eigenvalue weighted by atomic mass is 9.87. The Morgan fingerprint density at radius 3 is 2.64 bits per heavy atom. The molecule has 2 heterocycles. The summed E-state index contributed by atoms with van der Waals surface area (Å²) in [6, 6.07) is 3.90. The number of hydrogen-bond acceptors (Lipinski definition) is 2. The standard InChI is InChI=1S/C11H15NO2/c1-7-4-5-9(14-7)8-6-10(13)12-11(8,2)3/h4-5,8H,6H2,1-3H3,(H,12,13). The third-order valence-corrected chi connectivity index (χ3v) is 2.83. The quantitative estimate of drug-likeness (QED) is 0.741. The normalized spacial score (nSPS) is 25.1. The number of carbonyl (C=O) groups is 1. The molecule has 0 aliphatic carbocycles. The second-order valence-corrected chi connectivity index (χ2v) is 4.47. The summed E-state index contributed by atoms with van der Waals surface area (Å²) < 4.78 is 5.56. The van der Waals surface area contributed by atoms with E-state index in [1.807, 2.05) is 32.9 Å². The Hall–Kier alpha value is -1.25. The highest BCUT2D eigenvalue weighted by Crippen LogP contribution is 2.36. The molecule has 1 aliphatic heterocycles. The molecular formula is C11H15NO2. The SMILES string of the molecule is Cc1ccc(C2CC(=O)NC2(C)C)o1.